The van der Waals surface area contributed by atoms with Crippen LogP contribution in [0, 0.1) is 13.8 Å². The third-order valence-corrected chi connectivity index (χ3v) is 5.99. The normalized spacial score (nSPS) is 11.5. The van der Waals surface area contributed by atoms with Crippen molar-refractivity contribution in [3.63, 3.8) is 0 Å². The number of carbonyl (C=O) groups excluding carboxylic acids is 2. The van der Waals surface area contributed by atoms with Crippen LogP contribution in [-0.4, -0.2) is 28.9 Å². The second-order valence-electron chi connectivity index (χ2n) is 8.11. The number of anilines is 1. The Morgan fingerprint density at radius 3 is 2.09 bits per heavy atom. The minimum Gasteiger partial charge on any atom is -0.480 e. The number of halogens is 1. The molecule has 2 amide bonds. The predicted molar refractivity (Wildman–Crippen MR) is 134 cm³/mol. The Morgan fingerprint density at radius 1 is 0.882 bits per heavy atom. The molecule has 7 heteroatoms. The van der Waals surface area contributed by atoms with Gasteiger partial charge in [0.25, 0.3) is 11.8 Å². The van der Waals surface area contributed by atoms with Crippen LogP contribution >= 0.6 is 11.6 Å². The lowest BCUT2D eigenvalue weighted by molar-refractivity contribution is -0.139. The van der Waals surface area contributed by atoms with Crippen molar-refractivity contribution in [1.29, 1.82) is 0 Å². The number of benzene rings is 3. The number of aryl methyl sites for hydroxylation is 3. The molecule has 0 aliphatic rings. The molecule has 0 aliphatic heterocycles. The van der Waals surface area contributed by atoms with Gasteiger partial charge in [0.1, 0.15) is 6.04 Å². The topological polar surface area (TPSA) is 95.5 Å². The molecule has 0 saturated heterocycles. The molecule has 0 spiro atoms. The molecule has 6 nitrogen and oxygen atoms in total. The molecule has 34 heavy (non-hydrogen) atoms. The SMILES string of the molecule is CCc1cccc(C)c1C(=O)NC(Cc1ccc(NC(=O)c2c(C)cccc2Cl)cc1)C(=O)O. The van der Waals surface area contributed by atoms with E-state index in [2.05, 4.69) is 10.6 Å². The molecule has 0 aromatic heterocycles. The Kier molecular flexibility index (Phi) is 8.08. The summed E-state index contributed by atoms with van der Waals surface area (Å²) >= 11 is 6.17. The fraction of sp³-hybridized carbons (Fsp3) is 0.222. The molecule has 0 bridgehead atoms. The number of rotatable bonds is 8. The molecule has 3 aromatic rings. The van der Waals surface area contributed by atoms with E-state index in [1.807, 2.05) is 45.0 Å². The summed E-state index contributed by atoms with van der Waals surface area (Å²) in [6.07, 6.45) is 0.773. The lowest BCUT2D eigenvalue weighted by Gasteiger charge is -2.17. The number of hydrogen-bond acceptors (Lipinski definition) is 3. The van der Waals surface area contributed by atoms with Crippen molar-refractivity contribution < 1.29 is 19.5 Å². The van der Waals surface area contributed by atoms with E-state index in [0.717, 1.165) is 16.7 Å². The van der Waals surface area contributed by atoms with Gasteiger partial charge < -0.3 is 15.7 Å². The van der Waals surface area contributed by atoms with Gasteiger partial charge in [-0.25, -0.2) is 4.79 Å². The highest BCUT2D eigenvalue weighted by Crippen LogP contribution is 2.22. The first-order chi connectivity index (χ1) is 16.2. The van der Waals surface area contributed by atoms with Gasteiger partial charge in [0, 0.05) is 17.7 Å². The van der Waals surface area contributed by atoms with E-state index in [9.17, 15) is 19.5 Å². The second kappa shape index (κ2) is 11.0. The first kappa shape index (κ1) is 25.0. The van der Waals surface area contributed by atoms with Gasteiger partial charge in [-0.15, -0.1) is 0 Å². The Balaban J connectivity index is 1.71. The van der Waals surface area contributed by atoms with E-state index < -0.39 is 17.9 Å². The maximum absolute atomic E-state index is 12.9. The van der Waals surface area contributed by atoms with Gasteiger partial charge >= 0.3 is 5.97 Å². The molecule has 1 atom stereocenters. The number of aliphatic carboxylic acids is 1. The van der Waals surface area contributed by atoms with E-state index in [1.54, 1.807) is 36.4 Å². The Hall–Kier alpha value is -3.64. The predicted octanol–water partition coefficient (Wildman–Crippen LogP) is 5.20. The Labute approximate surface area is 204 Å². The molecule has 0 aliphatic carbocycles. The zero-order chi connectivity index (χ0) is 24.8. The quantitative estimate of drug-likeness (QED) is 0.414. The van der Waals surface area contributed by atoms with Crippen LogP contribution < -0.4 is 10.6 Å². The summed E-state index contributed by atoms with van der Waals surface area (Å²) < 4.78 is 0. The summed E-state index contributed by atoms with van der Waals surface area (Å²) in [6.45, 7) is 5.60. The van der Waals surface area contributed by atoms with Gasteiger partial charge in [-0.3, -0.25) is 9.59 Å². The van der Waals surface area contributed by atoms with Gasteiger partial charge in [0.2, 0.25) is 0 Å². The number of hydrogen-bond donors (Lipinski definition) is 3. The highest BCUT2D eigenvalue weighted by Gasteiger charge is 2.23. The summed E-state index contributed by atoms with van der Waals surface area (Å²) in [5, 5.41) is 15.5. The van der Waals surface area contributed by atoms with Crippen LogP contribution in [0.1, 0.15) is 49.9 Å². The number of carbonyl (C=O) groups is 3. The Bertz CT molecular complexity index is 1200. The minimum atomic E-state index is -1.12. The van der Waals surface area contributed by atoms with E-state index in [4.69, 9.17) is 11.6 Å². The number of carboxylic acids is 1. The van der Waals surface area contributed by atoms with Crippen molar-refractivity contribution in [2.45, 2.75) is 39.7 Å². The second-order valence-corrected chi connectivity index (χ2v) is 8.52. The van der Waals surface area contributed by atoms with Crippen LogP contribution in [0.3, 0.4) is 0 Å². The molecule has 176 valence electrons. The van der Waals surface area contributed by atoms with Crippen molar-refractivity contribution in [2.75, 3.05) is 5.32 Å². The lowest BCUT2D eigenvalue weighted by atomic mass is 9.98. The fourth-order valence-corrected chi connectivity index (χ4v) is 4.16. The monoisotopic (exact) mass is 478 g/mol. The zero-order valence-electron chi connectivity index (χ0n) is 19.3. The summed E-state index contributed by atoms with van der Waals surface area (Å²) in [5.41, 5.74) is 4.62. The largest absolute Gasteiger partial charge is 0.480 e. The van der Waals surface area contributed by atoms with Crippen LogP contribution in [0.25, 0.3) is 0 Å². The fourth-order valence-electron chi connectivity index (χ4n) is 3.85. The van der Waals surface area contributed by atoms with Crippen LogP contribution in [0.2, 0.25) is 5.02 Å². The molecular weight excluding hydrogens is 452 g/mol. The van der Waals surface area contributed by atoms with Gasteiger partial charge in [-0.2, -0.15) is 0 Å². The molecule has 3 rings (SSSR count). The van der Waals surface area contributed by atoms with Crippen LogP contribution in [0.4, 0.5) is 5.69 Å². The van der Waals surface area contributed by atoms with Gasteiger partial charge in [-0.05, 0) is 60.7 Å². The van der Waals surface area contributed by atoms with Crippen LogP contribution in [-0.2, 0) is 17.6 Å². The summed E-state index contributed by atoms with van der Waals surface area (Å²) in [5.74, 6) is -1.84. The average Bonchev–Trinajstić information content (AvgIpc) is 2.79. The average molecular weight is 479 g/mol. The highest BCUT2D eigenvalue weighted by atomic mass is 35.5. The van der Waals surface area contributed by atoms with Crippen LogP contribution in [0.5, 0.6) is 0 Å². The molecule has 0 heterocycles. The molecule has 3 aromatic carbocycles. The van der Waals surface area contributed by atoms with Crippen molar-refractivity contribution >= 4 is 35.1 Å². The van der Waals surface area contributed by atoms with Gasteiger partial charge in [0.05, 0.1) is 10.6 Å². The maximum atomic E-state index is 12.9. The molecule has 0 saturated carbocycles. The molecule has 0 radical (unpaired) electrons. The van der Waals surface area contributed by atoms with Crippen molar-refractivity contribution in [3.05, 3.63) is 99.1 Å². The number of carboxylic acid groups (broad SMARTS) is 1. The number of amides is 2. The van der Waals surface area contributed by atoms with Crippen molar-refractivity contribution in [1.82, 2.24) is 5.32 Å². The van der Waals surface area contributed by atoms with Crippen molar-refractivity contribution in [2.24, 2.45) is 0 Å². The maximum Gasteiger partial charge on any atom is 0.326 e. The summed E-state index contributed by atoms with van der Waals surface area (Å²) in [6, 6.07) is 16.6. The summed E-state index contributed by atoms with van der Waals surface area (Å²) in [7, 11) is 0. The Morgan fingerprint density at radius 2 is 1.50 bits per heavy atom. The minimum absolute atomic E-state index is 0.103. The standard InChI is InChI=1S/C27H27ClN2O4/c1-4-19-9-5-7-16(2)23(19)25(31)30-22(27(33)34)15-18-11-13-20(14-12-18)29-26(32)24-17(3)8-6-10-21(24)28/h5-14,22H,4,15H2,1-3H3,(H,29,32)(H,30,31)(H,33,34). The first-order valence-corrected chi connectivity index (χ1v) is 11.4. The molecular formula is C27H27ClN2O4. The lowest BCUT2D eigenvalue weighted by Crippen LogP contribution is -2.42. The van der Waals surface area contributed by atoms with Gasteiger partial charge in [-0.1, -0.05) is 61.0 Å². The van der Waals surface area contributed by atoms with E-state index in [1.165, 1.54) is 0 Å². The molecule has 1 unspecified atom stereocenters. The molecule has 0 fully saturated rings. The van der Waals surface area contributed by atoms with Crippen molar-refractivity contribution in [3.8, 4) is 0 Å². The van der Waals surface area contributed by atoms with Gasteiger partial charge in [0.15, 0.2) is 0 Å². The summed E-state index contributed by atoms with van der Waals surface area (Å²) in [4.78, 5) is 37.4. The first-order valence-electron chi connectivity index (χ1n) is 11.0. The third kappa shape index (κ3) is 5.83. The highest BCUT2D eigenvalue weighted by molar-refractivity contribution is 6.34. The van der Waals surface area contributed by atoms with E-state index >= 15 is 0 Å². The number of nitrogens with one attached hydrogen (secondary N) is 2. The zero-order valence-corrected chi connectivity index (χ0v) is 20.1. The third-order valence-electron chi connectivity index (χ3n) is 5.67. The van der Waals surface area contributed by atoms with E-state index in [0.29, 0.717) is 33.8 Å². The van der Waals surface area contributed by atoms with E-state index in [-0.39, 0.29) is 12.3 Å². The molecule has 3 N–H and O–H groups in total. The smallest absolute Gasteiger partial charge is 0.326 e. The van der Waals surface area contributed by atoms with Crippen LogP contribution in [0.15, 0.2) is 60.7 Å².